The van der Waals surface area contributed by atoms with Gasteiger partial charge in [-0.05, 0) is 55.0 Å². The average Bonchev–Trinajstić information content (AvgIpc) is 3.48. The predicted molar refractivity (Wildman–Crippen MR) is 106 cm³/mol. The van der Waals surface area contributed by atoms with Crippen LogP contribution < -0.4 is 5.32 Å². The molecule has 1 N–H and O–H groups in total. The SMILES string of the molecule is O=C(Nc1ccc(F)cc1)N1CC[C@H](n2c(-c3ccco3)nc3cccnc32)C1. The number of carbonyl (C=O) groups excluding carboxylic acids is 1. The minimum absolute atomic E-state index is 0.0222. The third-order valence-corrected chi connectivity index (χ3v) is 5.10. The van der Waals surface area contributed by atoms with Crippen LogP contribution in [0.5, 0.6) is 0 Å². The molecule has 1 saturated heterocycles. The molecule has 0 spiro atoms. The Kier molecular flexibility index (Phi) is 4.23. The maximum atomic E-state index is 13.1. The van der Waals surface area contributed by atoms with E-state index >= 15 is 0 Å². The van der Waals surface area contributed by atoms with Gasteiger partial charge in [0.2, 0.25) is 0 Å². The van der Waals surface area contributed by atoms with E-state index in [1.165, 1.54) is 12.1 Å². The first-order valence-electron chi connectivity index (χ1n) is 9.37. The number of amides is 2. The van der Waals surface area contributed by atoms with Crippen LogP contribution >= 0.6 is 0 Å². The number of likely N-dealkylation sites (tertiary alicyclic amines) is 1. The van der Waals surface area contributed by atoms with Gasteiger partial charge in [0.15, 0.2) is 17.2 Å². The maximum absolute atomic E-state index is 13.1. The van der Waals surface area contributed by atoms with Crippen LogP contribution in [0.25, 0.3) is 22.7 Å². The Balaban J connectivity index is 1.41. The molecule has 0 unspecified atom stereocenters. The topological polar surface area (TPSA) is 76.2 Å². The quantitative estimate of drug-likeness (QED) is 0.565. The number of pyridine rings is 1. The molecule has 1 aliphatic rings. The standard InChI is InChI=1S/C21H18FN5O2/c22-14-5-7-15(8-6-14)24-21(28)26-11-9-16(13-26)27-19-17(3-1-10-23-19)25-20(27)18-4-2-12-29-18/h1-8,10,12,16H,9,11,13H2,(H,24,28)/t16-/m0/s1. The van der Waals surface area contributed by atoms with E-state index in [9.17, 15) is 9.18 Å². The van der Waals surface area contributed by atoms with E-state index in [4.69, 9.17) is 9.40 Å². The number of aromatic nitrogens is 3. The minimum Gasteiger partial charge on any atom is -0.461 e. The van der Waals surface area contributed by atoms with Crippen molar-refractivity contribution in [2.24, 2.45) is 0 Å². The second-order valence-corrected chi connectivity index (χ2v) is 6.95. The minimum atomic E-state index is -0.339. The van der Waals surface area contributed by atoms with Crippen molar-refractivity contribution < 1.29 is 13.6 Å². The summed E-state index contributed by atoms with van der Waals surface area (Å²) >= 11 is 0. The van der Waals surface area contributed by atoms with Crippen molar-refractivity contribution >= 4 is 22.9 Å². The van der Waals surface area contributed by atoms with E-state index in [-0.39, 0.29) is 17.9 Å². The Hall–Kier alpha value is -3.68. The van der Waals surface area contributed by atoms with Crippen molar-refractivity contribution in [3.8, 4) is 11.6 Å². The number of nitrogens with zero attached hydrogens (tertiary/aromatic N) is 4. The average molecular weight is 391 g/mol. The molecule has 1 aliphatic heterocycles. The number of fused-ring (bicyclic) bond motifs is 1. The molecular weight excluding hydrogens is 373 g/mol. The molecule has 3 aromatic heterocycles. The van der Waals surface area contributed by atoms with Gasteiger partial charge in [-0.1, -0.05) is 0 Å². The summed E-state index contributed by atoms with van der Waals surface area (Å²) < 4.78 is 20.7. The molecule has 4 aromatic rings. The zero-order valence-electron chi connectivity index (χ0n) is 15.5. The fraction of sp³-hybridized carbons (Fsp3) is 0.190. The van der Waals surface area contributed by atoms with Gasteiger partial charge < -0.3 is 19.2 Å². The monoisotopic (exact) mass is 391 g/mol. The molecule has 8 heteroatoms. The van der Waals surface area contributed by atoms with Gasteiger partial charge in [-0.15, -0.1) is 0 Å². The number of rotatable bonds is 3. The van der Waals surface area contributed by atoms with Crippen LogP contribution in [-0.2, 0) is 0 Å². The van der Waals surface area contributed by atoms with Gasteiger partial charge in [-0.3, -0.25) is 0 Å². The number of hydrogen-bond donors (Lipinski definition) is 1. The zero-order valence-corrected chi connectivity index (χ0v) is 15.5. The fourth-order valence-electron chi connectivity index (χ4n) is 3.73. The number of hydrogen-bond acceptors (Lipinski definition) is 4. The van der Waals surface area contributed by atoms with Crippen LogP contribution in [-0.4, -0.2) is 38.6 Å². The van der Waals surface area contributed by atoms with Crippen LogP contribution in [0.3, 0.4) is 0 Å². The van der Waals surface area contributed by atoms with E-state index < -0.39 is 0 Å². The predicted octanol–water partition coefficient (Wildman–Crippen LogP) is 4.31. The van der Waals surface area contributed by atoms with Crippen molar-refractivity contribution in [2.45, 2.75) is 12.5 Å². The molecule has 1 aromatic carbocycles. The number of imidazole rings is 1. The highest BCUT2D eigenvalue weighted by molar-refractivity contribution is 5.89. The first-order valence-corrected chi connectivity index (χ1v) is 9.37. The highest BCUT2D eigenvalue weighted by Gasteiger charge is 2.31. The summed E-state index contributed by atoms with van der Waals surface area (Å²) in [5, 5.41) is 2.82. The molecule has 1 fully saturated rings. The fourth-order valence-corrected chi connectivity index (χ4v) is 3.73. The molecule has 2 amide bonds. The largest absolute Gasteiger partial charge is 0.461 e. The van der Waals surface area contributed by atoms with Gasteiger partial charge in [0, 0.05) is 25.0 Å². The highest BCUT2D eigenvalue weighted by atomic mass is 19.1. The van der Waals surface area contributed by atoms with E-state index in [0.29, 0.717) is 30.4 Å². The number of furan rings is 1. The lowest BCUT2D eigenvalue weighted by Crippen LogP contribution is -2.33. The Labute approximate surface area is 165 Å². The van der Waals surface area contributed by atoms with E-state index in [0.717, 1.165) is 17.6 Å². The van der Waals surface area contributed by atoms with Crippen molar-refractivity contribution in [1.29, 1.82) is 0 Å². The van der Waals surface area contributed by atoms with Crippen molar-refractivity contribution in [3.63, 3.8) is 0 Å². The molecule has 29 heavy (non-hydrogen) atoms. The molecular formula is C21H18FN5O2. The molecule has 146 valence electrons. The molecule has 7 nitrogen and oxygen atoms in total. The van der Waals surface area contributed by atoms with Crippen LogP contribution in [0.2, 0.25) is 0 Å². The maximum Gasteiger partial charge on any atom is 0.321 e. The van der Waals surface area contributed by atoms with Crippen molar-refractivity contribution in [3.05, 3.63) is 66.8 Å². The third-order valence-electron chi connectivity index (χ3n) is 5.10. The molecule has 0 saturated carbocycles. The molecule has 0 bridgehead atoms. The summed E-state index contributed by atoms with van der Waals surface area (Å²) in [4.78, 5) is 23.6. The molecule has 4 heterocycles. The zero-order chi connectivity index (χ0) is 19.8. The van der Waals surface area contributed by atoms with Crippen LogP contribution in [0, 0.1) is 5.82 Å². The Morgan fingerprint density at radius 1 is 1.17 bits per heavy atom. The summed E-state index contributed by atoms with van der Waals surface area (Å²) in [5.41, 5.74) is 2.11. The van der Waals surface area contributed by atoms with Crippen LogP contribution in [0.1, 0.15) is 12.5 Å². The smallest absolute Gasteiger partial charge is 0.321 e. The lowest BCUT2D eigenvalue weighted by atomic mass is 10.2. The van der Waals surface area contributed by atoms with Gasteiger partial charge in [0.05, 0.1) is 12.3 Å². The molecule has 0 radical (unpaired) electrons. The second kappa shape index (κ2) is 7.05. The summed E-state index contributed by atoms with van der Waals surface area (Å²) in [6.07, 6.45) is 4.12. The Bertz CT molecular complexity index is 1150. The third kappa shape index (κ3) is 3.22. The van der Waals surface area contributed by atoms with E-state index in [2.05, 4.69) is 14.9 Å². The first-order chi connectivity index (χ1) is 14.2. The Morgan fingerprint density at radius 2 is 2.03 bits per heavy atom. The molecule has 1 atom stereocenters. The number of urea groups is 1. The normalized spacial score (nSPS) is 16.4. The van der Waals surface area contributed by atoms with E-state index in [1.54, 1.807) is 29.5 Å². The van der Waals surface area contributed by atoms with Gasteiger partial charge in [0.1, 0.15) is 11.3 Å². The van der Waals surface area contributed by atoms with Gasteiger partial charge >= 0.3 is 6.03 Å². The van der Waals surface area contributed by atoms with Gasteiger partial charge in [-0.25, -0.2) is 19.2 Å². The van der Waals surface area contributed by atoms with Crippen LogP contribution in [0.4, 0.5) is 14.9 Å². The lowest BCUT2D eigenvalue weighted by molar-refractivity contribution is 0.221. The molecule has 5 rings (SSSR count). The van der Waals surface area contributed by atoms with E-state index in [1.807, 2.05) is 24.3 Å². The van der Waals surface area contributed by atoms with Crippen molar-refractivity contribution in [1.82, 2.24) is 19.4 Å². The summed E-state index contributed by atoms with van der Waals surface area (Å²) in [5.74, 6) is 1.03. The highest BCUT2D eigenvalue weighted by Crippen LogP contribution is 2.32. The van der Waals surface area contributed by atoms with Crippen LogP contribution in [0.15, 0.2) is 65.4 Å². The first kappa shape index (κ1) is 17.4. The summed E-state index contributed by atoms with van der Waals surface area (Å²) in [6, 6.07) is 13.0. The number of carbonyl (C=O) groups is 1. The molecule has 0 aliphatic carbocycles. The Morgan fingerprint density at radius 3 is 2.83 bits per heavy atom. The number of anilines is 1. The summed E-state index contributed by atoms with van der Waals surface area (Å²) in [7, 11) is 0. The second-order valence-electron chi connectivity index (χ2n) is 6.95. The van der Waals surface area contributed by atoms with Gasteiger partial charge in [-0.2, -0.15) is 0 Å². The number of benzene rings is 1. The number of nitrogens with one attached hydrogen (secondary N) is 1. The number of halogens is 1. The lowest BCUT2D eigenvalue weighted by Gasteiger charge is -2.19. The van der Waals surface area contributed by atoms with Gasteiger partial charge in [0.25, 0.3) is 0 Å². The van der Waals surface area contributed by atoms with Crippen molar-refractivity contribution in [2.75, 3.05) is 18.4 Å². The summed E-state index contributed by atoms with van der Waals surface area (Å²) in [6.45, 7) is 1.12.